The molecule has 86 valence electrons. The molecular formula is C12H7ClO4. The molecule has 0 saturated heterocycles. The van der Waals surface area contributed by atoms with Gasteiger partial charge in [0.05, 0.1) is 0 Å². The zero-order valence-electron chi connectivity index (χ0n) is 8.51. The Hall–Kier alpha value is -2.07. The van der Waals surface area contributed by atoms with Crippen LogP contribution in [0.4, 0.5) is 0 Å². The summed E-state index contributed by atoms with van der Waals surface area (Å²) in [7, 11) is 0. The Kier molecular flexibility index (Phi) is 2.97. The van der Waals surface area contributed by atoms with Crippen LogP contribution in [0.15, 0.2) is 47.2 Å². The number of ketones is 1. The SMILES string of the molecule is O=C1C=C(/C(Cl)=C(/O)c2ccccc2)OC1=O. The number of cyclic esters (lactones) is 1. The fourth-order valence-electron chi connectivity index (χ4n) is 1.31. The van der Waals surface area contributed by atoms with Gasteiger partial charge in [-0.25, -0.2) is 4.79 Å². The molecule has 1 aromatic carbocycles. The molecule has 1 aliphatic heterocycles. The number of rotatable bonds is 2. The topological polar surface area (TPSA) is 63.6 Å². The minimum absolute atomic E-state index is 0.136. The van der Waals surface area contributed by atoms with Gasteiger partial charge in [-0.2, -0.15) is 0 Å². The predicted molar refractivity (Wildman–Crippen MR) is 61.0 cm³/mol. The van der Waals surface area contributed by atoms with E-state index in [-0.39, 0.29) is 16.6 Å². The Labute approximate surface area is 102 Å². The van der Waals surface area contributed by atoms with Gasteiger partial charge in [0, 0.05) is 11.6 Å². The molecule has 0 amide bonds. The average molecular weight is 251 g/mol. The molecule has 0 aliphatic carbocycles. The van der Waals surface area contributed by atoms with E-state index in [1.54, 1.807) is 30.3 Å². The lowest BCUT2D eigenvalue weighted by atomic mass is 10.1. The first-order valence-electron chi connectivity index (χ1n) is 4.72. The Morgan fingerprint density at radius 1 is 1.18 bits per heavy atom. The predicted octanol–water partition coefficient (Wildman–Crippen LogP) is 2.16. The Morgan fingerprint density at radius 2 is 1.82 bits per heavy atom. The van der Waals surface area contributed by atoms with Gasteiger partial charge in [0.25, 0.3) is 5.78 Å². The molecule has 0 aromatic heterocycles. The van der Waals surface area contributed by atoms with Crippen molar-refractivity contribution in [2.75, 3.05) is 0 Å². The summed E-state index contributed by atoms with van der Waals surface area (Å²) in [4.78, 5) is 21.8. The number of aliphatic hydroxyl groups excluding tert-OH is 1. The third kappa shape index (κ3) is 2.21. The summed E-state index contributed by atoms with van der Waals surface area (Å²) in [6.45, 7) is 0. The zero-order valence-corrected chi connectivity index (χ0v) is 9.27. The summed E-state index contributed by atoms with van der Waals surface area (Å²) in [5.41, 5.74) is 0.466. The number of ether oxygens (including phenoxy) is 1. The van der Waals surface area contributed by atoms with Crippen LogP contribution in [0.5, 0.6) is 0 Å². The van der Waals surface area contributed by atoms with Crippen molar-refractivity contribution in [1.29, 1.82) is 0 Å². The van der Waals surface area contributed by atoms with Crippen molar-refractivity contribution in [3.8, 4) is 0 Å². The van der Waals surface area contributed by atoms with Crippen LogP contribution in [0.3, 0.4) is 0 Å². The Bertz CT molecular complexity index is 543. The third-order valence-electron chi connectivity index (χ3n) is 2.14. The maximum absolute atomic E-state index is 10.9. The van der Waals surface area contributed by atoms with Gasteiger partial charge in [0.2, 0.25) is 0 Å². The Balaban J connectivity index is 2.37. The van der Waals surface area contributed by atoms with Crippen LogP contribution in [0.1, 0.15) is 5.56 Å². The van der Waals surface area contributed by atoms with Crippen molar-refractivity contribution >= 4 is 29.1 Å². The number of carbonyl (C=O) groups excluding carboxylic acids is 2. The minimum atomic E-state index is -1.00. The van der Waals surface area contributed by atoms with Crippen molar-refractivity contribution in [2.24, 2.45) is 0 Å². The summed E-state index contributed by atoms with van der Waals surface area (Å²) in [5, 5.41) is 9.66. The molecule has 1 heterocycles. The highest BCUT2D eigenvalue weighted by atomic mass is 35.5. The van der Waals surface area contributed by atoms with E-state index in [9.17, 15) is 14.7 Å². The molecule has 0 saturated carbocycles. The van der Waals surface area contributed by atoms with Crippen LogP contribution >= 0.6 is 11.6 Å². The van der Waals surface area contributed by atoms with E-state index in [1.165, 1.54) is 0 Å². The maximum atomic E-state index is 10.9. The first-order valence-corrected chi connectivity index (χ1v) is 5.10. The zero-order chi connectivity index (χ0) is 12.4. The highest BCUT2D eigenvalue weighted by Gasteiger charge is 2.27. The van der Waals surface area contributed by atoms with Gasteiger partial charge in [-0.1, -0.05) is 41.9 Å². The van der Waals surface area contributed by atoms with Crippen LogP contribution in [-0.4, -0.2) is 16.9 Å². The number of allylic oxidation sites excluding steroid dienone is 1. The number of esters is 1. The van der Waals surface area contributed by atoms with Gasteiger partial charge in [-0.05, 0) is 0 Å². The molecule has 5 heteroatoms. The first kappa shape index (κ1) is 11.4. The second-order valence-electron chi connectivity index (χ2n) is 3.29. The number of aliphatic hydroxyl groups is 1. The van der Waals surface area contributed by atoms with Crippen molar-refractivity contribution in [3.63, 3.8) is 0 Å². The maximum Gasteiger partial charge on any atom is 0.384 e. The summed E-state index contributed by atoms with van der Waals surface area (Å²) < 4.78 is 4.60. The minimum Gasteiger partial charge on any atom is -0.506 e. The molecule has 0 radical (unpaired) electrons. The van der Waals surface area contributed by atoms with Crippen LogP contribution in [0.2, 0.25) is 0 Å². The molecule has 2 rings (SSSR count). The fourth-order valence-corrected chi connectivity index (χ4v) is 1.51. The number of hydrogen-bond donors (Lipinski definition) is 1. The van der Waals surface area contributed by atoms with E-state index in [0.29, 0.717) is 5.56 Å². The molecule has 4 nitrogen and oxygen atoms in total. The quantitative estimate of drug-likeness (QED) is 0.496. The van der Waals surface area contributed by atoms with Crippen molar-refractivity contribution in [1.82, 2.24) is 0 Å². The largest absolute Gasteiger partial charge is 0.506 e. The third-order valence-corrected chi connectivity index (χ3v) is 2.50. The van der Waals surface area contributed by atoms with Crippen molar-refractivity contribution < 1.29 is 19.4 Å². The second-order valence-corrected chi connectivity index (χ2v) is 3.67. The van der Waals surface area contributed by atoms with E-state index in [1.807, 2.05) is 0 Å². The van der Waals surface area contributed by atoms with Crippen LogP contribution in [-0.2, 0) is 14.3 Å². The lowest BCUT2D eigenvalue weighted by molar-refractivity contribution is -0.145. The molecule has 0 bridgehead atoms. The highest BCUT2D eigenvalue weighted by molar-refractivity contribution is 6.43. The highest BCUT2D eigenvalue weighted by Crippen LogP contribution is 2.28. The molecule has 1 aromatic rings. The summed E-state index contributed by atoms with van der Waals surface area (Å²) in [6, 6.07) is 8.49. The number of halogens is 1. The normalized spacial score (nSPS) is 16.4. The van der Waals surface area contributed by atoms with Gasteiger partial charge in [-0.3, -0.25) is 4.79 Å². The molecule has 0 unspecified atom stereocenters. The summed E-state index contributed by atoms with van der Waals surface area (Å²) in [5.74, 6) is -2.18. The lowest BCUT2D eigenvalue weighted by Gasteiger charge is -2.04. The standard InChI is InChI=1S/C12H7ClO4/c13-10(9-6-8(14)12(16)17-9)11(15)7-4-2-1-3-5-7/h1-6,15H/b11-10-. The average Bonchev–Trinajstić information content (AvgIpc) is 2.69. The second kappa shape index (κ2) is 4.43. The number of hydrogen-bond acceptors (Lipinski definition) is 4. The number of benzene rings is 1. The monoisotopic (exact) mass is 250 g/mol. The van der Waals surface area contributed by atoms with Gasteiger partial charge in [0.15, 0.2) is 5.76 Å². The molecule has 1 aliphatic rings. The van der Waals surface area contributed by atoms with Gasteiger partial charge in [-0.15, -0.1) is 0 Å². The van der Waals surface area contributed by atoms with E-state index < -0.39 is 11.8 Å². The van der Waals surface area contributed by atoms with E-state index >= 15 is 0 Å². The summed E-state index contributed by atoms with van der Waals surface area (Å²) >= 11 is 5.83. The molecule has 0 atom stereocenters. The summed E-state index contributed by atoms with van der Waals surface area (Å²) in [6.07, 6.45) is 0.948. The smallest absolute Gasteiger partial charge is 0.384 e. The van der Waals surface area contributed by atoms with Gasteiger partial charge < -0.3 is 9.84 Å². The van der Waals surface area contributed by atoms with Crippen LogP contribution in [0, 0.1) is 0 Å². The van der Waals surface area contributed by atoms with E-state index in [0.717, 1.165) is 6.08 Å². The van der Waals surface area contributed by atoms with E-state index in [4.69, 9.17) is 11.6 Å². The molecular weight excluding hydrogens is 244 g/mol. The van der Waals surface area contributed by atoms with Crippen LogP contribution < -0.4 is 0 Å². The van der Waals surface area contributed by atoms with Crippen molar-refractivity contribution in [2.45, 2.75) is 0 Å². The molecule has 1 N–H and O–H groups in total. The molecule has 0 spiro atoms. The van der Waals surface area contributed by atoms with Gasteiger partial charge in [0.1, 0.15) is 10.8 Å². The molecule has 0 fully saturated rings. The first-order chi connectivity index (χ1) is 8.09. The fraction of sp³-hybridized carbons (Fsp3) is 0. The van der Waals surface area contributed by atoms with Gasteiger partial charge >= 0.3 is 5.97 Å². The number of carbonyl (C=O) groups is 2. The van der Waals surface area contributed by atoms with Crippen molar-refractivity contribution in [3.05, 3.63) is 52.8 Å². The van der Waals surface area contributed by atoms with Crippen LogP contribution in [0.25, 0.3) is 5.76 Å². The Morgan fingerprint density at radius 3 is 2.35 bits per heavy atom. The lowest BCUT2D eigenvalue weighted by Crippen LogP contribution is -2.05. The molecule has 17 heavy (non-hydrogen) atoms. The van der Waals surface area contributed by atoms with E-state index in [2.05, 4.69) is 4.74 Å².